The topological polar surface area (TPSA) is 78.8 Å². The maximum atomic E-state index is 12.8. The summed E-state index contributed by atoms with van der Waals surface area (Å²) in [7, 11) is -3.33. The molecule has 2 saturated heterocycles. The van der Waals surface area contributed by atoms with E-state index in [1.807, 2.05) is 6.92 Å². The van der Waals surface area contributed by atoms with Crippen molar-refractivity contribution < 1.29 is 13.2 Å². The average Bonchev–Trinajstić information content (AvgIpc) is 3.17. The molecule has 0 spiro atoms. The zero-order chi connectivity index (χ0) is 20.1. The summed E-state index contributed by atoms with van der Waals surface area (Å²) in [6.07, 6.45) is 8.33. The number of carbonyl (C=O) groups is 1. The lowest BCUT2D eigenvalue weighted by Crippen LogP contribution is -2.53. The predicted molar refractivity (Wildman–Crippen MR) is 109 cm³/mol. The maximum Gasteiger partial charge on any atom is 0.274 e. The second-order valence-electron chi connectivity index (χ2n) is 7.88. The van der Waals surface area contributed by atoms with E-state index in [1.165, 1.54) is 25.5 Å². The van der Waals surface area contributed by atoms with Gasteiger partial charge in [0.2, 0.25) is 10.0 Å². The van der Waals surface area contributed by atoms with Crippen LogP contribution in [-0.2, 0) is 16.6 Å². The zero-order valence-corrected chi connectivity index (χ0v) is 17.9. The maximum absolute atomic E-state index is 12.8. The predicted octanol–water partition coefficient (Wildman–Crippen LogP) is 1.26. The molecular weight excluding hydrogens is 378 g/mol. The minimum atomic E-state index is -3.33. The Hall–Kier alpha value is -1.45. The van der Waals surface area contributed by atoms with Gasteiger partial charge in [-0.25, -0.2) is 8.42 Å². The Bertz CT molecular complexity index is 757. The Balaban J connectivity index is 1.65. The van der Waals surface area contributed by atoms with Crippen LogP contribution >= 0.6 is 0 Å². The summed E-state index contributed by atoms with van der Waals surface area (Å²) in [5.74, 6) is -0.110. The monoisotopic (exact) mass is 411 g/mol. The van der Waals surface area contributed by atoms with Gasteiger partial charge in [-0.2, -0.15) is 9.40 Å². The van der Waals surface area contributed by atoms with Gasteiger partial charge in [0.25, 0.3) is 5.91 Å². The van der Waals surface area contributed by atoms with Gasteiger partial charge < -0.3 is 9.80 Å². The fourth-order valence-electron chi connectivity index (χ4n) is 4.23. The number of piperidine rings is 2. The van der Waals surface area contributed by atoms with Gasteiger partial charge in [0.05, 0.1) is 6.26 Å². The van der Waals surface area contributed by atoms with E-state index >= 15 is 0 Å². The molecule has 1 aromatic rings. The molecule has 3 heterocycles. The van der Waals surface area contributed by atoms with Crippen molar-refractivity contribution in [1.82, 2.24) is 23.9 Å². The van der Waals surface area contributed by atoms with E-state index in [1.54, 1.807) is 26.2 Å². The highest BCUT2D eigenvalue weighted by Gasteiger charge is 2.33. The zero-order valence-electron chi connectivity index (χ0n) is 17.1. The summed E-state index contributed by atoms with van der Waals surface area (Å²) in [5.41, 5.74) is 0.432. The fraction of sp³-hybridized carbons (Fsp3) is 0.789. The summed E-state index contributed by atoms with van der Waals surface area (Å²) in [5, 5.41) is 4.31. The first-order valence-electron chi connectivity index (χ1n) is 10.4. The van der Waals surface area contributed by atoms with Crippen LogP contribution in [0.1, 0.15) is 49.5 Å². The molecule has 9 heteroatoms. The number of aromatic nitrogens is 2. The Kier molecular flexibility index (Phi) is 7.11. The quantitative estimate of drug-likeness (QED) is 0.675. The normalized spacial score (nSPS) is 22.0. The van der Waals surface area contributed by atoms with Crippen LogP contribution in [0, 0.1) is 0 Å². The van der Waals surface area contributed by atoms with E-state index in [2.05, 4.69) is 10.00 Å². The second-order valence-corrected chi connectivity index (χ2v) is 9.81. The molecule has 0 aliphatic carbocycles. The van der Waals surface area contributed by atoms with E-state index < -0.39 is 10.0 Å². The average molecular weight is 412 g/mol. The minimum Gasteiger partial charge on any atom is -0.336 e. The Morgan fingerprint density at radius 3 is 2.61 bits per heavy atom. The van der Waals surface area contributed by atoms with Crippen LogP contribution in [0.15, 0.2) is 12.3 Å². The first-order chi connectivity index (χ1) is 13.4. The third kappa shape index (κ3) is 5.33. The number of aryl methyl sites for hydroxylation is 1. The number of likely N-dealkylation sites (tertiary alicyclic amines) is 2. The van der Waals surface area contributed by atoms with Crippen molar-refractivity contribution in [2.75, 3.05) is 45.5 Å². The molecule has 2 aliphatic heterocycles. The standard InChI is InChI=1S/C19H33N5O3S/c1-3-23-13-9-18(20-23)19(25)22-12-7-8-17(16-22)24(28(2,26)27)15-14-21-10-5-4-6-11-21/h9,13,17H,3-8,10-12,14-16H2,1-2H3. The SMILES string of the molecule is CCn1ccc(C(=O)N2CCCC(N(CCN3CCCCC3)S(C)(=O)=O)C2)n1. The van der Waals surface area contributed by atoms with Gasteiger partial charge in [-0.05, 0) is 51.8 Å². The molecule has 0 N–H and O–H groups in total. The number of hydrogen-bond donors (Lipinski definition) is 0. The summed E-state index contributed by atoms with van der Waals surface area (Å²) >= 11 is 0. The number of nitrogens with zero attached hydrogens (tertiary/aromatic N) is 5. The van der Waals surface area contributed by atoms with Crippen LogP contribution in [0.3, 0.4) is 0 Å². The number of amides is 1. The lowest BCUT2D eigenvalue weighted by Gasteiger charge is -2.39. The van der Waals surface area contributed by atoms with E-state index in [4.69, 9.17) is 0 Å². The van der Waals surface area contributed by atoms with Crippen LogP contribution in [-0.4, -0.2) is 89.8 Å². The number of sulfonamides is 1. The molecule has 8 nitrogen and oxygen atoms in total. The van der Waals surface area contributed by atoms with Crippen LogP contribution in [0.2, 0.25) is 0 Å². The highest BCUT2D eigenvalue weighted by Crippen LogP contribution is 2.20. The van der Waals surface area contributed by atoms with Crippen molar-refractivity contribution in [2.45, 2.75) is 51.6 Å². The van der Waals surface area contributed by atoms with E-state index in [0.29, 0.717) is 31.9 Å². The number of hydrogen-bond acceptors (Lipinski definition) is 5. The van der Waals surface area contributed by atoms with Crippen LogP contribution in [0.4, 0.5) is 0 Å². The van der Waals surface area contributed by atoms with Gasteiger partial charge in [0, 0.05) is 45.0 Å². The van der Waals surface area contributed by atoms with E-state index in [-0.39, 0.29) is 11.9 Å². The third-order valence-electron chi connectivity index (χ3n) is 5.79. The molecule has 0 bridgehead atoms. The lowest BCUT2D eigenvalue weighted by atomic mass is 10.1. The van der Waals surface area contributed by atoms with Crippen LogP contribution in [0.5, 0.6) is 0 Å². The Labute approximate surface area is 168 Å². The Morgan fingerprint density at radius 1 is 1.21 bits per heavy atom. The van der Waals surface area contributed by atoms with Crippen LogP contribution in [0.25, 0.3) is 0 Å². The molecule has 1 aromatic heterocycles. The van der Waals surface area contributed by atoms with Gasteiger partial charge in [-0.15, -0.1) is 0 Å². The Morgan fingerprint density at radius 2 is 1.96 bits per heavy atom. The molecule has 3 rings (SSSR count). The third-order valence-corrected chi connectivity index (χ3v) is 7.12. The smallest absolute Gasteiger partial charge is 0.274 e. The van der Waals surface area contributed by atoms with Crippen molar-refractivity contribution in [3.8, 4) is 0 Å². The number of rotatable bonds is 7. The van der Waals surface area contributed by atoms with Crippen molar-refractivity contribution in [3.63, 3.8) is 0 Å². The molecule has 1 atom stereocenters. The first kappa shape index (κ1) is 21.3. The van der Waals surface area contributed by atoms with Gasteiger partial charge in [-0.3, -0.25) is 9.48 Å². The second kappa shape index (κ2) is 9.37. The molecular formula is C19H33N5O3S. The molecule has 0 aromatic carbocycles. The molecule has 2 aliphatic rings. The lowest BCUT2D eigenvalue weighted by molar-refractivity contribution is 0.0640. The van der Waals surface area contributed by atoms with Gasteiger partial charge >= 0.3 is 0 Å². The van der Waals surface area contributed by atoms with E-state index in [0.717, 1.165) is 32.5 Å². The molecule has 158 valence electrons. The summed E-state index contributed by atoms with van der Waals surface area (Å²) in [4.78, 5) is 16.9. The van der Waals surface area contributed by atoms with Crippen molar-refractivity contribution in [2.24, 2.45) is 0 Å². The van der Waals surface area contributed by atoms with Crippen molar-refractivity contribution in [1.29, 1.82) is 0 Å². The van der Waals surface area contributed by atoms with Gasteiger partial charge in [0.1, 0.15) is 5.69 Å². The largest absolute Gasteiger partial charge is 0.336 e. The highest BCUT2D eigenvalue weighted by molar-refractivity contribution is 7.88. The molecule has 2 fully saturated rings. The molecule has 0 radical (unpaired) electrons. The number of carbonyl (C=O) groups excluding carboxylic acids is 1. The molecule has 1 amide bonds. The molecule has 1 unspecified atom stereocenters. The molecule has 28 heavy (non-hydrogen) atoms. The van der Waals surface area contributed by atoms with Gasteiger partial charge in [0.15, 0.2) is 0 Å². The fourth-order valence-corrected chi connectivity index (χ4v) is 5.36. The van der Waals surface area contributed by atoms with Crippen molar-refractivity contribution >= 4 is 15.9 Å². The highest BCUT2D eigenvalue weighted by atomic mass is 32.2. The van der Waals surface area contributed by atoms with Crippen LogP contribution < -0.4 is 0 Å². The summed E-state index contributed by atoms with van der Waals surface area (Å²) in [6.45, 7) is 7.13. The molecule has 0 saturated carbocycles. The minimum absolute atomic E-state index is 0.110. The first-order valence-corrected chi connectivity index (χ1v) is 12.2. The summed E-state index contributed by atoms with van der Waals surface area (Å²) < 4.78 is 28.3. The van der Waals surface area contributed by atoms with Gasteiger partial charge in [-0.1, -0.05) is 6.42 Å². The van der Waals surface area contributed by atoms with Crippen molar-refractivity contribution in [3.05, 3.63) is 18.0 Å². The summed E-state index contributed by atoms with van der Waals surface area (Å²) in [6, 6.07) is 1.57. The van der Waals surface area contributed by atoms with E-state index in [9.17, 15) is 13.2 Å².